The molecule has 0 amide bonds. The smallest absolute Gasteiger partial charge is 0.417 e. The third-order valence-corrected chi connectivity index (χ3v) is 4.61. The minimum absolute atomic E-state index is 0.0480. The predicted octanol–water partition coefficient (Wildman–Crippen LogP) is 5.04. The Morgan fingerprint density at radius 3 is 2.42 bits per heavy atom. The highest BCUT2D eigenvalue weighted by Gasteiger charge is 2.32. The number of pyridine rings is 1. The second kappa shape index (κ2) is 9.78. The summed E-state index contributed by atoms with van der Waals surface area (Å²) in [6, 6.07) is 6.88. The second-order valence-electron chi connectivity index (χ2n) is 6.42. The molecule has 1 aliphatic rings. The van der Waals surface area contributed by atoms with E-state index in [9.17, 15) is 22.8 Å². The number of carbonyl (C=O) groups excluding carboxylic acids is 2. The lowest BCUT2D eigenvalue weighted by molar-refractivity contribution is -0.139. The van der Waals surface area contributed by atoms with E-state index in [1.807, 2.05) is 0 Å². The Hall–Kier alpha value is -3.79. The molecule has 33 heavy (non-hydrogen) atoms. The summed E-state index contributed by atoms with van der Waals surface area (Å²) in [5.41, 5.74) is -0.804. The van der Waals surface area contributed by atoms with Gasteiger partial charge in [-0.05, 0) is 30.4 Å². The van der Waals surface area contributed by atoms with Gasteiger partial charge in [-0.15, -0.1) is 0 Å². The number of carbonyl (C=O) groups is 2. The van der Waals surface area contributed by atoms with E-state index in [-0.39, 0.29) is 27.9 Å². The molecule has 1 aliphatic heterocycles. The Morgan fingerprint density at radius 1 is 1.06 bits per heavy atom. The maximum atomic E-state index is 12.8. The summed E-state index contributed by atoms with van der Waals surface area (Å²) < 4.78 is 53.7. The number of anilines is 1. The average Bonchev–Trinajstić information content (AvgIpc) is 3.02. The van der Waals surface area contributed by atoms with Gasteiger partial charge in [-0.2, -0.15) is 13.2 Å². The number of halogens is 4. The van der Waals surface area contributed by atoms with E-state index in [1.165, 1.54) is 43.5 Å². The van der Waals surface area contributed by atoms with E-state index in [0.717, 1.165) is 0 Å². The lowest BCUT2D eigenvalue weighted by atomic mass is 10.1. The van der Waals surface area contributed by atoms with Crippen LogP contribution in [0.4, 0.5) is 18.9 Å². The van der Waals surface area contributed by atoms with Gasteiger partial charge in [0.05, 0.1) is 25.4 Å². The Kier molecular flexibility index (Phi) is 7.07. The molecule has 11 heteroatoms. The van der Waals surface area contributed by atoms with Crippen LogP contribution in [-0.4, -0.2) is 31.1 Å². The summed E-state index contributed by atoms with van der Waals surface area (Å²) in [6.07, 6.45) is 2.05. The van der Waals surface area contributed by atoms with Crippen LogP contribution in [0.25, 0.3) is 0 Å². The van der Waals surface area contributed by atoms with Crippen molar-refractivity contribution in [3.8, 4) is 11.6 Å². The number of methoxy groups -OCH3 is 2. The fraction of sp³-hybridized carbons (Fsp3) is 0.136. The van der Waals surface area contributed by atoms with E-state index < -0.39 is 23.7 Å². The summed E-state index contributed by atoms with van der Waals surface area (Å²) >= 11 is 5.91. The van der Waals surface area contributed by atoms with Gasteiger partial charge < -0.3 is 19.1 Å². The zero-order chi connectivity index (χ0) is 24.2. The quantitative estimate of drug-likeness (QED) is 0.555. The van der Waals surface area contributed by atoms with Gasteiger partial charge >= 0.3 is 18.1 Å². The molecule has 0 radical (unpaired) electrons. The minimum atomic E-state index is -4.60. The van der Waals surface area contributed by atoms with Gasteiger partial charge in [0.1, 0.15) is 16.5 Å². The summed E-state index contributed by atoms with van der Waals surface area (Å²) in [5.74, 6) is -1.64. The number of hydrogen-bond donors (Lipinski definition) is 0. The largest absolute Gasteiger partial charge is 0.465 e. The average molecular weight is 481 g/mol. The molecule has 0 fully saturated rings. The molecule has 0 saturated heterocycles. The molecule has 0 saturated carbocycles. The number of benzene rings is 1. The van der Waals surface area contributed by atoms with Crippen LogP contribution < -0.4 is 9.64 Å². The maximum Gasteiger partial charge on any atom is 0.417 e. The van der Waals surface area contributed by atoms with Gasteiger partial charge in [-0.3, -0.25) is 0 Å². The monoisotopic (exact) mass is 480 g/mol. The molecule has 0 N–H and O–H groups in total. The standard InChI is InChI=1S/C22H16ClF3N2O5/c1-31-20(29)16-8-3-4-9-28(18(16)21(30)32-2)14-6-5-7-15(11-14)33-19-17(23)10-13(12-27-19)22(24,25)26/h3-12H,1-2H3. The highest BCUT2D eigenvalue weighted by Crippen LogP contribution is 2.36. The van der Waals surface area contributed by atoms with Gasteiger partial charge in [0, 0.05) is 24.2 Å². The highest BCUT2D eigenvalue weighted by atomic mass is 35.5. The molecule has 1 aromatic heterocycles. The molecule has 0 aliphatic carbocycles. The fourth-order valence-electron chi connectivity index (χ4n) is 2.83. The summed E-state index contributed by atoms with van der Waals surface area (Å²) in [7, 11) is 2.34. The second-order valence-corrected chi connectivity index (χ2v) is 6.83. The number of esters is 2. The van der Waals surface area contributed by atoms with Gasteiger partial charge in [0.25, 0.3) is 0 Å². The molecule has 0 bridgehead atoms. The first-order chi connectivity index (χ1) is 15.7. The third kappa shape index (κ3) is 5.35. The number of hydrogen-bond acceptors (Lipinski definition) is 7. The zero-order valence-electron chi connectivity index (χ0n) is 17.2. The molecule has 0 atom stereocenters. The SMILES string of the molecule is COC(=O)C1=C(C(=O)OC)N(c2cccc(Oc3ncc(C(F)(F)F)cc3Cl)c2)C=CC=C1. The van der Waals surface area contributed by atoms with Crippen LogP contribution >= 0.6 is 11.6 Å². The van der Waals surface area contributed by atoms with Crippen LogP contribution in [0.3, 0.4) is 0 Å². The number of alkyl halides is 3. The first kappa shape index (κ1) is 23.9. The van der Waals surface area contributed by atoms with Crippen LogP contribution in [-0.2, 0) is 25.2 Å². The Bertz CT molecular complexity index is 1170. The molecule has 172 valence electrons. The predicted molar refractivity (Wildman–Crippen MR) is 113 cm³/mol. The summed E-state index contributed by atoms with van der Waals surface area (Å²) in [6.45, 7) is 0. The normalized spacial score (nSPS) is 13.6. The van der Waals surface area contributed by atoms with Crippen LogP contribution in [0.2, 0.25) is 5.02 Å². The van der Waals surface area contributed by atoms with Crippen LogP contribution in [0.1, 0.15) is 5.56 Å². The van der Waals surface area contributed by atoms with Crippen molar-refractivity contribution in [2.24, 2.45) is 0 Å². The van der Waals surface area contributed by atoms with Crippen LogP contribution in [0.5, 0.6) is 11.6 Å². The van der Waals surface area contributed by atoms with E-state index >= 15 is 0 Å². The van der Waals surface area contributed by atoms with Crippen molar-refractivity contribution in [1.29, 1.82) is 0 Å². The van der Waals surface area contributed by atoms with Crippen molar-refractivity contribution < 1.29 is 37.0 Å². The van der Waals surface area contributed by atoms with Crippen molar-refractivity contribution in [2.45, 2.75) is 6.18 Å². The van der Waals surface area contributed by atoms with Crippen LogP contribution in [0, 0.1) is 0 Å². The Labute approximate surface area is 191 Å². The minimum Gasteiger partial charge on any atom is -0.465 e. The first-order valence-electron chi connectivity index (χ1n) is 9.21. The molecule has 2 aromatic rings. The highest BCUT2D eigenvalue weighted by molar-refractivity contribution is 6.31. The molecule has 0 unspecified atom stereocenters. The number of rotatable bonds is 5. The third-order valence-electron chi connectivity index (χ3n) is 4.33. The first-order valence-corrected chi connectivity index (χ1v) is 9.59. The fourth-order valence-corrected chi connectivity index (χ4v) is 3.03. The van der Waals surface area contributed by atoms with Gasteiger partial charge in [0.15, 0.2) is 0 Å². The number of ether oxygens (including phenoxy) is 3. The molecular weight excluding hydrogens is 465 g/mol. The Morgan fingerprint density at radius 2 is 1.79 bits per heavy atom. The van der Waals surface area contributed by atoms with Gasteiger partial charge in [-0.25, -0.2) is 14.6 Å². The summed E-state index contributed by atoms with van der Waals surface area (Å²) in [4.78, 5) is 29.8. The van der Waals surface area contributed by atoms with E-state index in [4.69, 9.17) is 25.8 Å². The van der Waals surface area contributed by atoms with Crippen molar-refractivity contribution >= 4 is 29.2 Å². The number of aromatic nitrogens is 1. The topological polar surface area (TPSA) is 78.0 Å². The zero-order valence-corrected chi connectivity index (χ0v) is 18.0. The molecular formula is C22H16ClF3N2O5. The molecule has 7 nitrogen and oxygen atoms in total. The lowest BCUT2D eigenvalue weighted by Crippen LogP contribution is -2.26. The van der Waals surface area contributed by atoms with E-state index in [2.05, 4.69) is 4.98 Å². The van der Waals surface area contributed by atoms with Crippen LogP contribution in [0.15, 0.2) is 72.2 Å². The molecule has 0 spiro atoms. The lowest BCUT2D eigenvalue weighted by Gasteiger charge is -2.23. The van der Waals surface area contributed by atoms with Crippen molar-refractivity contribution in [3.63, 3.8) is 0 Å². The molecule has 1 aromatic carbocycles. The van der Waals surface area contributed by atoms with Gasteiger partial charge in [-0.1, -0.05) is 23.7 Å². The Balaban J connectivity index is 2.00. The molecule has 3 rings (SSSR count). The number of nitrogens with zero attached hydrogens (tertiary/aromatic N) is 2. The van der Waals surface area contributed by atoms with E-state index in [0.29, 0.717) is 18.0 Å². The summed E-state index contributed by atoms with van der Waals surface area (Å²) in [5, 5.41) is -0.336. The van der Waals surface area contributed by atoms with E-state index in [1.54, 1.807) is 24.3 Å². The molecule has 2 heterocycles. The van der Waals surface area contributed by atoms with Crippen molar-refractivity contribution in [2.75, 3.05) is 19.1 Å². The van der Waals surface area contributed by atoms with Crippen molar-refractivity contribution in [3.05, 3.63) is 82.8 Å². The van der Waals surface area contributed by atoms with Crippen molar-refractivity contribution in [1.82, 2.24) is 4.98 Å². The maximum absolute atomic E-state index is 12.8. The number of allylic oxidation sites excluding steroid dienone is 2. The van der Waals surface area contributed by atoms with Gasteiger partial charge in [0.2, 0.25) is 5.88 Å².